The van der Waals surface area contributed by atoms with Crippen LogP contribution in [-0.2, 0) is 0 Å². The third-order valence-corrected chi connectivity index (χ3v) is 4.15. The van der Waals surface area contributed by atoms with Gasteiger partial charge in [0.1, 0.15) is 0 Å². The maximum Gasteiger partial charge on any atom is -0.0290 e. The molecule has 0 radical (unpaired) electrons. The maximum atomic E-state index is 2.51. The summed E-state index contributed by atoms with van der Waals surface area (Å²) in [6.45, 7) is 7.27. The fourth-order valence-electron chi connectivity index (χ4n) is 3.92. The van der Waals surface area contributed by atoms with Gasteiger partial charge in [-0.25, -0.2) is 0 Å². The van der Waals surface area contributed by atoms with Gasteiger partial charge in [0.15, 0.2) is 0 Å². The third-order valence-electron chi connectivity index (χ3n) is 4.15. The highest BCUT2D eigenvalue weighted by Gasteiger charge is 2.57. The van der Waals surface area contributed by atoms with Gasteiger partial charge in [0.05, 0.1) is 0 Å². The number of hydrogen-bond acceptors (Lipinski definition) is 0. The standard InChI is InChI=1S/C11H20/c1-4-5-11(3)7-9-6-8(2)10(9)11/h8-10H,4-7H2,1-3H3. The molecule has 2 rings (SSSR count). The molecule has 4 unspecified atom stereocenters. The first kappa shape index (κ1) is 7.64. The molecule has 64 valence electrons. The fraction of sp³-hybridized carbons (Fsp3) is 1.00. The highest BCUT2D eigenvalue weighted by atomic mass is 14.6. The van der Waals surface area contributed by atoms with Crippen molar-refractivity contribution in [3.8, 4) is 0 Å². The summed E-state index contributed by atoms with van der Waals surface area (Å²) in [5.74, 6) is 3.30. The molecule has 2 fully saturated rings. The molecule has 0 spiro atoms. The van der Waals surface area contributed by atoms with Crippen LogP contribution in [0.15, 0.2) is 0 Å². The largest absolute Gasteiger partial charge is 0.0654 e. The predicted molar refractivity (Wildman–Crippen MR) is 48.4 cm³/mol. The Hall–Kier alpha value is 0. The van der Waals surface area contributed by atoms with Crippen molar-refractivity contribution in [2.45, 2.75) is 46.5 Å². The van der Waals surface area contributed by atoms with Gasteiger partial charge in [-0.2, -0.15) is 0 Å². The Morgan fingerprint density at radius 1 is 1.45 bits per heavy atom. The molecule has 0 heterocycles. The van der Waals surface area contributed by atoms with Crippen molar-refractivity contribution in [1.82, 2.24) is 0 Å². The van der Waals surface area contributed by atoms with Gasteiger partial charge in [0, 0.05) is 0 Å². The van der Waals surface area contributed by atoms with Crippen molar-refractivity contribution in [1.29, 1.82) is 0 Å². The van der Waals surface area contributed by atoms with Crippen LogP contribution in [0.5, 0.6) is 0 Å². The van der Waals surface area contributed by atoms with Crippen molar-refractivity contribution >= 4 is 0 Å². The first-order valence-electron chi connectivity index (χ1n) is 5.17. The molecule has 0 amide bonds. The molecular weight excluding hydrogens is 132 g/mol. The quantitative estimate of drug-likeness (QED) is 0.568. The molecular formula is C11H20. The molecule has 2 aliphatic rings. The molecule has 2 saturated carbocycles. The molecule has 0 aromatic rings. The third kappa shape index (κ3) is 0.878. The Bertz CT molecular complexity index is 153. The molecule has 0 aliphatic heterocycles. The van der Waals surface area contributed by atoms with Gasteiger partial charge in [-0.15, -0.1) is 0 Å². The zero-order valence-corrected chi connectivity index (χ0v) is 8.06. The molecule has 0 aromatic carbocycles. The number of rotatable bonds is 2. The molecule has 0 N–H and O–H groups in total. The van der Waals surface area contributed by atoms with Crippen LogP contribution >= 0.6 is 0 Å². The van der Waals surface area contributed by atoms with Crippen LogP contribution in [0, 0.1) is 23.2 Å². The summed E-state index contributed by atoms with van der Waals surface area (Å²) >= 11 is 0. The van der Waals surface area contributed by atoms with E-state index in [1.165, 1.54) is 25.7 Å². The Labute approximate surface area is 70.4 Å². The topological polar surface area (TPSA) is 0 Å². The van der Waals surface area contributed by atoms with Gasteiger partial charge in [-0.3, -0.25) is 0 Å². The maximum absolute atomic E-state index is 2.51. The van der Waals surface area contributed by atoms with E-state index >= 15 is 0 Å². The van der Waals surface area contributed by atoms with E-state index in [0.717, 1.165) is 23.2 Å². The van der Waals surface area contributed by atoms with E-state index in [-0.39, 0.29) is 0 Å². The first-order valence-corrected chi connectivity index (χ1v) is 5.17. The van der Waals surface area contributed by atoms with E-state index in [0.29, 0.717) is 0 Å². The zero-order chi connectivity index (χ0) is 8.06. The van der Waals surface area contributed by atoms with Crippen molar-refractivity contribution < 1.29 is 0 Å². The molecule has 11 heavy (non-hydrogen) atoms. The highest BCUT2D eigenvalue weighted by molar-refractivity contribution is 5.07. The van der Waals surface area contributed by atoms with Crippen LogP contribution in [0.1, 0.15) is 46.5 Å². The van der Waals surface area contributed by atoms with E-state index in [9.17, 15) is 0 Å². The van der Waals surface area contributed by atoms with Gasteiger partial charge < -0.3 is 0 Å². The number of fused-ring (bicyclic) bond motifs is 1. The van der Waals surface area contributed by atoms with E-state index in [1.54, 1.807) is 0 Å². The van der Waals surface area contributed by atoms with Crippen LogP contribution < -0.4 is 0 Å². The van der Waals surface area contributed by atoms with E-state index in [2.05, 4.69) is 20.8 Å². The summed E-state index contributed by atoms with van der Waals surface area (Å²) in [5, 5.41) is 0. The molecule has 4 atom stereocenters. The van der Waals surface area contributed by atoms with Crippen LogP contribution in [0.25, 0.3) is 0 Å². The molecule has 2 aliphatic carbocycles. The minimum Gasteiger partial charge on any atom is -0.0654 e. The average molecular weight is 152 g/mol. The van der Waals surface area contributed by atoms with Gasteiger partial charge in [0.25, 0.3) is 0 Å². The summed E-state index contributed by atoms with van der Waals surface area (Å²) in [4.78, 5) is 0. The second-order valence-corrected chi connectivity index (χ2v) is 5.11. The minimum atomic E-state index is 0.761. The molecule has 0 nitrogen and oxygen atoms in total. The molecule has 0 bridgehead atoms. The summed E-state index contributed by atoms with van der Waals surface area (Å²) in [5.41, 5.74) is 0.761. The lowest BCUT2D eigenvalue weighted by Gasteiger charge is -2.64. The van der Waals surface area contributed by atoms with Crippen molar-refractivity contribution in [3.63, 3.8) is 0 Å². The van der Waals surface area contributed by atoms with Crippen molar-refractivity contribution in [2.75, 3.05) is 0 Å². The average Bonchev–Trinajstić information content (AvgIpc) is 1.84. The molecule has 0 heteroatoms. The predicted octanol–water partition coefficient (Wildman–Crippen LogP) is 3.47. The Morgan fingerprint density at radius 3 is 2.64 bits per heavy atom. The van der Waals surface area contributed by atoms with E-state index in [1.807, 2.05) is 0 Å². The highest BCUT2D eigenvalue weighted by Crippen LogP contribution is 2.66. The molecule has 0 saturated heterocycles. The van der Waals surface area contributed by atoms with Crippen LogP contribution in [-0.4, -0.2) is 0 Å². The van der Waals surface area contributed by atoms with E-state index in [4.69, 9.17) is 0 Å². The fourth-order valence-corrected chi connectivity index (χ4v) is 3.92. The van der Waals surface area contributed by atoms with Crippen molar-refractivity contribution in [3.05, 3.63) is 0 Å². The zero-order valence-electron chi connectivity index (χ0n) is 8.06. The molecule has 0 aromatic heterocycles. The lowest BCUT2D eigenvalue weighted by atomic mass is 9.41. The Kier molecular flexibility index (Phi) is 1.56. The van der Waals surface area contributed by atoms with Crippen molar-refractivity contribution in [2.24, 2.45) is 23.2 Å². The van der Waals surface area contributed by atoms with Gasteiger partial charge in [-0.05, 0) is 42.4 Å². The Morgan fingerprint density at radius 2 is 2.18 bits per heavy atom. The second-order valence-electron chi connectivity index (χ2n) is 5.11. The van der Waals surface area contributed by atoms with Crippen LogP contribution in [0.2, 0.25) is 0 Å². The normalized spacial score (nSPS) is 54.3. The smallest absolute Gasteiger partial charge is 0.0290 e. The second kappa shape index (κ2) is 2.24. The van der Waals surface area contributed by atoms with Gasteiger partial charge in [-0.1, -0.05) is 27.2 Å². The minimum absolute atomic E-state index is 0.761. The number of hydrogen-bond donors (Lipinski definition) is 0. The van der Waals surface area contributed by atoms with Crippen LogP contribution in [0.3, 0.4) is 0 Å². The van der Waals surface area contributed by atoms with Gasteiger partial charge in [0.2, 0.25) is 0 Å². The SMILES string of the molecule is CCCC1(C)CC2CC(C)C21. The first-order chi connectivity index (χ1) is 5.17. The Balaban J connectivity index is 1.96. The van der Waals surface area contributed by atoms with E-state index < -0.39 is 0 Å². The lowest BCUT2D eigenvalue weighted by Crippen LogP contribution is -2.56. The summed E-state index contributed by atoms with van der Waals surface area (Å²) in [7, 11) is 0. The van der Waals surface area contributed by atoms with Crippen LogP contribution in [0.4, 0.5) is 0 Å². The summed E-state index contributed by atoms with van der Waals surface area (Å²) in [6.07, 6.45) is 5.92. The monoisotopic (exact) mass is 152 g/mol. The van der Waals surface area contributed by atoms with Gasteiger partial charge >= 0.3 is 0 Å². The summed E-state index contributed by atoms with van der Waals surface area (Å²) in [6, 6.07) is 0. The lowest BCUT2D eigenvalue weighted by molar-refractivity contribution is -0.152. The summed E-state index contributed by atoms with van der Waals surface area (Å²) < 4.78 is 0.